The van der Waals surface area contributed by atoms with Crippen LogP contribution in [0, 0.1) is 12.7 Å². The first-order valence-electron chi connectivity index (χ1n) is 5.47. The minimum Gasteiger partial charge on any atom is -0.351 e. The predicted octanol–water partition coefficient (Wildman–Crippen LogP) is 1.49. The number of hydrogen-bond acceptors (Lipinski definition) is 4. The van der Waals surface area contributed by atoms with Gasteiger partial charge in [0.25, 0.3) is 5.91 Å². The second kappa shape index (κ2) is 5.39. The van der Waals surface area contributed by atoms with E-state index in [4.69, 9.17) is 0 Å². The number of benzene rings is 1. The molecule has 0 aliphatic heterocycles. The largest absolute Gasteiger partial charge is 0.351 e. The molecule has 1 aromatic carbocycles. The first kappa shape index (κ1) is 12.2. The maximum atomic E-state index is 13.7. The summed E-state index contributed by atoms with van der Waals surface area (Å²) in [5.41, 5.74) is 0.490. The highest BCUT2D eigenvalue weighted by Crippen LogP contribution is 2.11. The molecule has 0 aliphatic rings. The van der Waals surface area contributed by atoms with E-state index in [0.717, 1.165) is 0 Å². The van der Waals surface area contributed by atoms with Crippen molar-refractivity contribution < 1.29 is 13.7 Å². The van der Waals surface area contributed by atoms with Crippen molar-refractivity contribution in [2.24, 2.45) is 0 Å². The van der Waals surface area contributed by atoms with E-state index in [1.165, 1.54) is 12.5 Å². The van der Waals surface area contributed by atoms with Crippen molar-refractivity contribution in [1.82, 2.24) is 15.5 Å². The number of rotatable bonds is 4. The molecule has 2 aromatic rings. The van der Waals surface area contributed by atoms with Crippen LogP contribution in [0.3, 0.4) is 0 Å². The van der Waals surface area contributed by atoms with Crippen molar-refractivity contribution in [2.45, 2.75) is 13.3 Å². The van der Waals surface area contributed by atoms with E-state index in [2.05, 4.69) is 20.0 Å². The van der Waals surface area contributed by atoms with Crippen LogP contribution in [0.5, 0.6) is 0 Å². The fourth-order valence-electron chi connectivity index (χ4n) is 1.51. The van der Waals surface area contributed by atoms with Gasteiger partial charge in [0.15, 0.2) is 5.82 Å². The molecule has 1 aromatic heterocycles. The van der Waals surface area contributed by atoms with Gasteiger partial charge >= 0.3 is 0 Å². The van der Waals surface area contributed by atoms with Crippen LogP contribution < -0.4 is 5.32 Å². The Balaban J connectivity index is 1.93. The molecule has 2 rings (SSSR count). The summed E-state index contributed by atoms with van der Waals surface area (Å²) in [7, 11) is 0. The Bertz CT molecular complexity index is 540. The summed E-state index contributed by atoms with van der Waals surface area (Å²) in [6.45, 7) is 1.94. The lowest BCUT2D eigenvalue weighted by Crippen LogP contribution is -2.27. The highest BCUT2D eigenvalue weighted by Gasteiger charge is 2.12. The first-order valence-corrected chi connectivity index (χ1v) is 5.47. The number of nitrogens with one attached hydrogen (secondary N) is 1. The van der Waals surface area contributed by atoms with Gasteiger partial charge < -0.3 is 9.84 Å². The van der Waals surface area contributed by atoms with Gasteiger partial charge in [-0.05, 0) is 18.6 Å². The molecule has 1 heterocycles. The van der Waals surface area contributed by atoms with E-state index in [1.807, 2.05) is 0 Å². The Morgan fingerprint density at radius 1 is 1.50 bits per heavy atom. The number of aromatic nitrogens is 2. The zero-order valence-electron chi connectivity index (χ0n) is 9.81. The molecule has 0 atom stereocenters. The first-order chi connectivity index (χ1) is 8.68. The highest BCUT2D eigenvalue weighted by atomic mass is 19.1. The molecule has 0 unspecified atom stereocenters. The fourth-order valence-corrected chi connectivity index (χ4v) is 1.51. The van der Waals surface area contributed by atoms with Crippen molar-refractivity contribution in [3.05, 3.63) is 47.4 Å². The molecule has 0 spiro atoms. The van der Waals surface area contributed by atoms with Gasteiger partial charge in [-0.15, -0.1) is 0 Å². The number of hydrogen-bond donors (Lipinski definition) is 1. The van der Waals surface area contributed by atoms with E-state index < -0.39 is 11.7 Å². The van der Waals surface area contributed by atoms with Crippen molar-refractivity contribution in [3.63, 3.8) is 0 Å². The molecule has 5 nitrogen and oxygen atoms in total. The lowest BCUT2D eigenvalue weighted by molar-refractivity contribution is 0.0949. The predicted molar refractivity (Wildman–Crippen MR) is 61.5 cm³/mol. The summed E-state index contributed by atoms with van der Waals surface area (Å²) in [6, 6.07) is 4.71. The summed E-state index contributed by atoms with van der Waals surface area (Å²) in [6.07, 6.45) is 1.66. The van der Waals surface area contributed by atoms with E-state index in [-0.39, 0.29) is 5.56 Å². The maximum absolute atomic E-state index is 13.7. The highest BCUT2D eigenvalue weighted by molar-refractivity contribution is 5.94. The molecular formula is C12H12FN3O2. The van der Waals surface area contributed by atoms with E-state index in [9.17, 15) is 9.18 Å². The quantitative estimate of drug-likeness (QED) is 0.891. The van der Waals surface area contributed by atoms with Gasteiger partial charge in [-0.2, -0.15) is 4.98 Å². The van der Waals surface area contributed by atoms with Crippen molar-refractivity contribution >= 4 is 5.91 Å². The van der Waals surface area contributed by atoms with Gasteiger partial charge in [0.2, 0.25) is 6.39 Å². The van der Waals surface area contributed by atoms with Gasteiger partial charge in [0.1, 0.15) is 5.82 Å². The lowest BCUT2D eigenvalue weighted by atomic mass is 10.1. The van der Waals surface area contributed by atoms with Crippen LogP contribution in [0.2, 0.25) is 0 Å². The molecule has 0 fully saturated rings. The Hall–Kier alpha value is -2.24. The Morgan fingerprint density at radius 2 is 2.33 bits per heavy atom. The monoisotopic (exact) mass is 249 g/mol. The van der Waals surface area contributed by atoms with Crippen LogP contribution >= 0.6 is 0 Å². The molecule has 1 amide bonds. The Labute approximate surface area is 103 Å². The van der Waals surface area contributed by atoms with Gasteiger partial charge in [-0.3, -0.25) is 4.79 Å². The molecule has 1 N–H and O–H groups in total. The van der Waals surface area contributed by atoms with Crippen molar-refractivity contribution in [3.8, 4) is 0 Å². The van der Waals surface area contributed by atoms with E-state index >= 15 is 0 Å². The van der Waals surface area contributed by atoms with Crippen LogP contribution in [0.15, 0.2) is 29.1 Å². The zero-order valence-corrected chi connectivity index (χ0v) is 9.81. The fraction of sp³-hybridized carbons (Fsp3) is 0.250. The minimum absolute atomic E-state index is 0.0445. The smallest absolute Gasteiger partial charge is 0.254 e. The molecule has 0 bridgehead atoms. The number of halogens is 1. The third-order valence-electron chi connectivity index (χ3n) is 2.48. The normalized spacial score (nSPS) is 10.3. The number of carbonyl (C=O) groups excluding carboxylic acids is 1. The summed E-state index contributed by atoms with van der Waals surface area (Å²) >= 11 is 0. The summed E-state index contributed by atoms with van der Waals surface area (Å²) < 4.78 is 18.2. The number of amides is 1. The average Bonchev–Trinajstić information content (AvgIpc) is 2.85. The number of carbonyl (C=O) groups is 1. The third-order valence-corrected chi connectivity index (χ3v) is 2.48. The third kappa shape index (κ3) is 2.71. The Kier molecular flexibility index (Phi) is 3.66. The van der Waals surface area contributed by atoms with E-state index in [0.29, 0.717) is 24.4 Å². The molecule has 0 saturated carbocycles. The molecule has 0 saturated heterocycles. The van der Waals surface area contributed by atoms with Crippen LogP contribution in [-0.4, -0.2) is 22.6 Å². The average molecular weight is 249 g/mol. The standard InChI is InChI=1S/C12H12FN3O2/c1-8-3-2-4-9(11(8)13)12(17)14-6-5-10-15-7-18-16-10/h2-4,7H,5-6H2,1H3,(H,14,17). The lowest BCUT2D eigenvalue weighted by Gasteiger charge is -2.06. The van der Waals surface area contributed by atoms with Crippen LogP contribution in [0.4, 0.5) is 4.39 Å². The molecular weight excluding hydrogens is 237 g/mol. The van der Waals surface area contributed by atoms with Gasteiger partial charge in [-0.25, -0.2) is 4.39 Å². The Morgan fingerprint density at radius 3 is 3.06 bits per heavy atom. The van der Waals surface area contributed by atoms with E-state index in [1.54, 1.807) is 19.1 Å². The van der Waals surface area contributed by atoms with Gasteiger partial charge in [0.05, 0.1) is 5.56 Å². The summed E-state index contributed by atoms with van der Waals surface area (Å²) in [4.78, 5) is 15.5. The molecule has 6 heteroatoms. The number of nitrogens with zero attached hydrogens (tertiary/aromatic N) is 2. The molecule has 18 heavy (non-hydrogen) atoms. The summed E-state index contributed by atoms with van der Waals surface area (Å²) in [5, 5.41) is 6.21. The molecule has 0 aliphatic carbocycles. The van der Waals surface area contributed by atoms with Crippen LogP contribution in [0.1, 0.15) is 21.7 Å². The number of aryl methyl sites for hydroxylation is 1. The van der Waals surface area contributed by atoms with Crippen molar-refractivity contribution in [1.29, 1.82) is 0 Å². The van der Waals surface area contributed by atoms with Crippen LogP contribution in [-0.2, 0) is 6.42 Å². The zero-order chi connectivity index (χ0) is 13.0. The van der Waals surface area contributed by atoms with Crippen molar-refractivity contribution in [2.75, 3.05) is 6.54 Å². The summed E-state index contributed by atoms with van der Waals surface area (Å²) in [5.74, 6) is -0.436. The SMILES string of the molecule is Cc1cccc(C(=O)NCCc2ncon2)c1F. The molecule has 94 valence electrons. The minimum atomic E-state index is -0.491. The van der Waals surface area contributed by atoms with Gasteiger partial charge in [0, 0.05) is 13.0 Å². The van der Waals surface area contributed by atoms with Crippen LogP contribution in [0.25, 0.3) is 0 Å². The van der Waals surface area contributed by atoms with Gasteiger partial charge in [-0.1, -0.05) is 17.3 Å². The second-order valence-corrected chi connectivity index (χ2v) is 3.79. The maximum Gasteiger partial charge on any atom is 0.254 e. The molecule has 0 radical (unpaired) electrons. The topological polar surface area (TPSA) is 68.0 Å². The second-order valence-electron chi connectivity index (χ2n) is 3.79.